The summed E-state index contributed by atoms with van der Waals surface area (Å²) >= 11 is 7.38. The van der Waals surface area contributed by atoms with Gasteiger partial charge in [-0.15, -0.1) is 11.8 Å². The van der Waals surface area contributed by atoms with Crippen LogP contribution in [0.15, 0.2) is 64.1 Å². The number of phenols is 1. The third-order valence-electron chi connectivity index (χ3n) is 2.88. The van der Waals surface area contributed by atoms with Crippen LogP contribution in [0.25, 0.3) is 11.5 Å². The molecule has 106 valence electrons. The summed E-state index contributed by atoms with van der Waals surface area (Å²) in [5, 5.41) is 10.4. The highest BCUT2D eigenvalue weighted by Crippen LogP contribution is 2.31. The molecule has 1 heterocycles. The van der Waals surface area contributed by atoms with Crippen LogP contribution in [0.5, 0.6) is 5.75 Å². The first-order chi connectivity index (χ1) is 10.2. The van der Waals surface area contributed by atoms with Crippen LogP contribution in [-0.4, -0.2) is 10.1 Å². The number of thioether (sulfide) groups is 1. The molecule has 21 heavy (non-hydrogen) atoms. The number of rotatable bonds is 4. The molecule has 0 fully saturated rings. The maximum Gasteiger partial charge on any atom is 0.226 e. The van der Waals surface area contributed by atoms with E-state index in [-0.39, 0.29) is 5.75 Å². The first-order valence-electron chi connectivity index (χ1n) is 6.33. The number of benzene rings is 2. The van der Waals surface area contributed by atoms with Crippen molar-refractivity contribution in [2.24, 2.45) is 0 Å². The standard InChI is InChI=1S/C16H12ClNO2S/c17-12-7-5-11(6-8-12)16-18-13(9-20-16)10-21-15-4-2-1-3-14(15)19/h1-9,19H,10H2. The second-order valence-electron chi connectivity index (χ2n) is 4.41. The van der Waals surface area contributed by atoms with Crippen LogP contribution in [0, 0.1) is 0 Å². The molecular weight excluding hydrogens is 306 g/mol. The van der Waals surface area contributed by atoms with Gasteiger partial charge in [0.15, 0.2) is 0 Å². The highest BCUT2D eigenvalue weighted by molar-refractivity contribution is 7.98. The lowest BCUT2D eigenvalue weighted by Crippen LogP contribution is -1.82. The number of halogens is 1. The molecule has 0 atom stereocenters. The number of hydrogen-bond acceptors (Lipinski definition) is 4. The van der Waals surface area contributed by atoms with Gasteiger partial charge in [-0.2, -0.15) is 0 Å². The summed E-state index contributed by atoms with van der Waals surface area (Å²) in [6, 6.07) is 14.6. The van der Waals surface area contributed by atoms with Gasteiger partial charge in [-0.1, -0.05) is 23.7 Å². The van der Waals surface area contributed by atoms with Gasteiger partial charge in [-0.05, 0) is 36.4 Å². The SMILES string of the molecule is Oc1ccccc1SCc1coc(-c2ccc(Cl)cc2)n1. The summed E-state index contributed by atoms with van der Waals surface area (Å²) in [6.45, 7) is 0. The summed E-state index contributed by atoms with van der Waals surface area (Å²) in [6.07, 6.45) is 1.64. The summed E-state index contributed by atoms with van der Waals surface area (Å²) in [4.78, 5) is 5.27. The Hall–Kier alpha value is -1.91. The fourth-order valence-electron chi connectivity index (χ4n) is 1.83. The van der Waals surface area contributed by atoms with Gasteiger partial charge in [0.25, 0.3) is 0 Å². The van der Waals surface area contributed by atoms with E-state index in [9.17, 15) is 5.11 Å². The Morgan fingerprint density at radius 1 is 1.10 bits per heavy atom. The molecule has 5 heteroatoms. The van der Waals surface area contributed by atoms with Gasteiger partial charge >= 0.3 is 0 Å². The molecule has 3 nitrogen and oxygen atoms in total. The zero-order chi connectivity index (χ0) is 14.7. The summed E-state index contributed by atoms with van der Waals surface area (Å²) in [5.74, 6) is 1.48. The summed E-state index contributed by atoms with van der Waals surface area (Å²) in [7, 11) is 0. The van der Waals surface area contributed by atoms with Crippen LogP contribution in [0.2, 0.25) is 5.02 Å². The van der Waals surface area contributed by atoms with Gasteiger partial charge in [0, 0.05) is 21.2 Å². The Balaban J connectivity index is 1.71. The smallest absolute Gasteiger partial charge is 0.226 e. The number of oxazole rings is 1. The maximum absolute atomic E-state index is 9.72. The topological polar surface area (TPSA) is 46.3 Å². The predicted molar refractivity (Wildman–Crippen MR) is 84.6 cm³/mol. The molecule has 0 unspecified atom stereocenters. The van der Waals surface area contributed by atoms with E-state index in [4.69, 9.17) is 16.0 Å². The number of nitrogens with zero attached hydrogens (tertiary/aromatic N) is 1. The van der Waals surface area contributed by atoms with Crippen LogP contribution in [0.4, 0.5) is 0 Å². The lowest BCUT2D eigenvalue weighted by molar-refractivity contribution is 0.462. The molecule has 0 aliphatic heterocycles. The van der Waals surface area contributed by atoms with Crippen molar-refractivity contribution in [3.8, 4) is 17.2 Å². The maximum atomic E-state index is 9.72. The molecule has 0 saturated heterocycles. The fourth-order valence-corrected chi connectivity index (χ4v) is 2.78. The molecular formula is C16H12ClNO2S. The Kier molecular flexibility index (Phi) is 4.18. The predicted octanol–water partition coefficient (Wildman–Crippen LogP) is 4.99. The van der Waals surface area contributed by atoms with Gasteiger partial charge < -0.3 is 9.52 Å². The second kappa shape index (κ2) is 6.24. The zero-order valence-electron chi connectivity index (χ0n) is 11.0. The molecule has 0 amide bonds. The minimum atomic E-state index is 0.281. The molecule has 0 radical (unpaired) electrons. The van der Waals surface area contributed by atoms with E-state index in [0.717, 1.165) is 16.2 Å². The van der Waals surface area contributed by atoms with E-state index in [0.29, 0.717) is 16.7 Å². The van der Waals surface area contributed by atoms with Crippen molar-refractivity contribution in [3.05, 3.63) is 65.5 Å². The van der Waals surface area contributed by atoms with Crippen molar-refractivity contribution in [2.45, 2.75) is 10.6 Å². The zero-order valence-corrected chi connectivity index (χ0v) is 12.6. The van der Waals surface area contributed by atoms with E-state index < -0.39 is 0 Å². The van der Waals surface area contributed by atoms with Crippen LogP contribution >= 0.6 is 23.4 Å². The lowest BCUT2D eigenvalue weighted by Gasteiger charge is -2.01. The van der Waals surface area contributed by atoms with Crippen LogP contribution in [0.1, 0.15) is 5.69 Å². The summed E-state index contributed by atoms with van der Waals surface area (Å²) in [5.41, 5.74) is 1.71. The highest BCUT2D eigenvalue weighted by atomic mass is 35.5. The Morgan fingerprint density at radius 2 is 1.86 bits per heavy atom. The molecule has 2 aromatic carbocycles. The number of aromatic nitrogens is 1. The first-order valence-corrected chi connectivity index (χ1v) is 7.70. The minimum absolute atomic E-state index is 0.281. The third-order valence-corrected chi connectivity index (χ3v) is 4.23. The first kappa shape index (κ1) is 14.0. The number of hydrogen-bond donors (Lipinski definition) is 1. The number of para-hydroxylation sites is 1. The third kappa shape index (κ3) is 3.40. The van der Waals surface area contributed by atoms with E-state index in [1.165, 1.54) is 11.8 Å². The average Bonchev–Trinajstić information content (AvgIpc) is 2.96. The summed E-state index contributed by atoms with van der Waals surface area (Å²) < 4.78 is 5.48. The van der Waals surface area contributed by atoms with Crippen LogP contribution in [0.3, 0.4) is 0 Å². The molecule has 1 N–H and O–H groups in total. The van der Waals surface area contributed by atoms with Gasteiger partial charge in [0.1, 0.15) is 12.0 Å². The monoisotopic (exact) mass is 317 g/mol. The van der Waals surface area contributed by atoms with Gasteiger partial charge in [-0.3, -0.25) is 0 Å². The molecule has 3 aromatic rings. The van der Waals surface area contributed by atoms with E-state index in [1.54, 1.807) is 30.5 Å². The molecule has 1 aromatic heterocycles. The van der Waals surface area contributed by atoms with Gasteiger partial charge in [0.05, 0.1) is 5.69 Å². The van der Waals surface area contributed by atoms with Crippen molar-refractivity contribution < 1.29 is 9.52 Å². The Bertz CT molecular complexity index is 740. The number of aromatic hydroxyl groups is 1. The quantitative estimate of drug-likeness (QED) is 0.688. The van der Waals surface area contributed by atoms with E-state index in [2.05, 4.69) is 4.98 Å². The second-order valence-corrected chi connectivity index (χ2v) is 5.86. The molecule has 0 saturated carbocycles. The molecule has 3 rings (SSSR count). The van der Waals surface area contributed by atoms with E-state index in [1.807, 2.05) is 24.3 Å². The largest absolute Gasteiger partial charge is 0.507 e. The minimum Gasteiger partial charge on any atom is -0.507 e. The lowest BCUT2D eigenvalue weighted by atomic mass is 10.2. The van der Waals surface area contributed by atoms with E-state index >= 15 is 0 Å². The Morgan fingerprint density at radius 3 is 2.62 bits per heavy atom. The van der Waals surface area contributed by atoms with Crippen molar-refractivity contribution in [2.75, 3.05) is 0 Å². The van der Waals surface area contributed by atoms with Crippen molar-refractivity contribution >= 4 is 23.4 Å². The molecule has 0 spiro atoms. The average molecular weight is 318 g/mol. The van der Waals surface area contributed by atoms with Gasteiger partial charge in [0.2, 0.25) is 5.89 Å². The Labute approximate surface area is 131 Å². The van der Waals surface area contributed by atoms with Crippen molar-refractivity contribution in [1.29, 1.82) is 0 Å². The van der Waals surface area contributed by atoms with Gasteiger partial charge in [-0.25, -0.2) is 4.98 Å². The van der Waals surface area contributed by atoms with Crippen LogP contribution in [-0.2, 0) is 5.75 Å². The fraction of sp³-hybridized carbons (Fsp3) is 0.0625. The van der Waals surface area contributed by atoms with Crippen molar-refractivity contribution in [3.63, 3.8) is 0 Å². The molecule has 0 aliphatic rings. The highest BCUT2D eigenvalue weighted by Gasteiger charge is 2.08. The van der Waals surface area contributed by atoms with Crippen LogP contribution < -0.4 is 0 Å². The molecule has 0 bridgehead atoms. The molecule has 0 aliphatic carbocycles. The number of phenolic OH excluding ortho intramolecular Hbond substituents is 1. The normalized spacial score (nSPS) is 10.7. The van der Waals surface area contributed by atoms with Crippen molar-refractivity contribution in [1.82, 2.24) is 4.98 Å².